The molecule has 5 nitrogen and oxygen atoms in total. The maximum Gasteiger partial charge on any atom is 0.338 e. The second-order valence-corrected chi connectivity index (χ2v) is 6.91. The molecule has 0 unspecified atom stereocenters. The summed E-state index contributed by atoms with van der Waals surface area (Å²) >= 11 is 0. The minimum Gasteiger partial charge on any atom is -0.489 e. The summed E-state index contributed by atoms with van der Waals surface area (Å²) in [5.41, 5.74) is 3.93. The zero-order chi connectivity index (χ0) is 21.7. The molecule has 3 aromatic carbocycles. The third-order valence-corrected chi connectivity index (χ3v) is 4.83. The van der Waals surface area contributed by atoms with Crippen LogP contribution in [-0.2, 0) is 11.3 Å². The first-order valence-corrected chi connectivity index (χ1v) is 9.44. The lowest BCUT2D eigenvalue weighted by Crippen LogP contribution is -2.07. The van der Waals surface area contributed by atoms with Crippen LogP contribution in [-0.4, -0.2) is 25.1 Å². The molecule has 0 bridgehead atoms. The summed E-state index contributed by atoms with van der Waals surface area (Å²) in [5, 5.41) is 0. The number of carbonyl (C=O) groups is 3. The van der Waals surface area contributed by atoms with E-state index in [2.05, 4.69) is 0 Å². The monoisotopic (exact) mass is 402 g/mol. The molecule has 0 saturated heterocycles. The van der Waals surface area contributed by atoms with Crippen molar-refractivity contribution in [3.8, 4) is 16.9 Å². The fraction of sp³-hybridized carbons (Fsp3) is 0.160. The number of esters is 1. The van der Waals surface area contributed by atoms with Crippen LogP contribution in [0.4, 0.5) is 0 Å². The summed E-state index contributed by atoms with van der Waals surface area (Å²) in [7, 11) is 1.28. The van der Waals surface area contributed by atoms with E-state index in [0.717, 1.165) is 17.4 Å². The van der Waals surface area contributed by atoms with Crippen molar-refractivity contribution >= 4 is 18.0 Å². The van der Waals surface area contributed by atoms with Gasteiger partial charge >= 0.3 is 5.97 Å². The van der Waals surface area contributed by atoms with Crippen molar-refractivity contribution in [1.82, 2.24) is 0 Å². The van der Waals surface area contributed by atoms with Crippen molar-refractivity contribution in [2.75, 3.05) is 7.11 Å². The number of rotatable bonds is 7. The molecule has 0 spiro atoms. The Bertz CT molecular complexity index is 1100. The largest absolute Gasteiger partial charge is 0.489 e. The van der Waals surface area contributed by atoms with Crippen molar-refractivity contribution in [1.29, 1.82) is 0 Å². The average Bonchev–Trinajstić information content (AvgIpc) is 2.77. The predicted molar refractivity (Wildman–Crippen MR) is 114 cm³/mol. The molecule has 3 aromatic rings. The molecule has 0 aliphatic heterocycles. The summed E-state index contributed by atoms with van der Waals surface area (Å²) < 4.78 is 10.8. The van der Waals surface area contributed by atoms with Crippen LogP contribution < -0.4 is 4.74 Å². The summed E-state index contributed by atoms with van der Waals surface area (Å²) in [4.78, 5) is 35.9. The van der Waals surface area contributed by atoms with Gasteiger partial charge in [-0.2, -0.15) is 0 Å². The fourth-order valence-electron chi connectivity index (χ4n) is 3.20. The van der Waals surface area contributed by atoms with Gasteiger partial charge in [0.1, 0.15) is 12.4 Å². The molecule has 5 heteroatoms. The minimum absolute atomic E-state index is 0.164. The van der Waals surface area contributed by atoms with Crippen molar-refractivity contribution < 1.29 is 23.9 Å². The molecule has 0 heterocycles. The molecule has 0 aliphatic rings. The van der Waals surface area contributed by atoms with Crippen molar-refractivity contribution in [3.05, 3.63) is 88.5 Å². The number of aldehydes is 1. The maximum atomic E-state index is 12.3. The van der Waals surface area contributed by atoms with Crippen LogP contribution >= 0.6 is 0 Å². The van der Waals surface area contributed by atoms with Gasteiger partial charge in [-0.15, -0.1) is 0 Å². The Morgan fingerprint density at radius 1 is 0.967 bits per heavy atom. The lowest BCUT2D eigenvalue weighted by molar-refractivity contribution is 0.0601. The van der Waals surface area contributed by atoms with Crippen molar-refractivity contribution in [2.45, 2.75) is 20.5 Å². The molecule has 0 aromatic heterocycles. The molecule has 0 aliphatic carbocycles. The number of carbonyl (C=O) groups excluding carboxylic acids is 3. The van der Waals surface area contributed by atoms with Crippen LogP contribution in [0.5, 0.6) is 5.75 Å². The van der Waals surface area contributed by atoms with Gasteiger partial charge in [0.25, 0.3) is 0 Å². The Balaban J connectivity index is 2.04. The van der Waals surface area contributed by atoms with E-state index in [1.807, 2.05) is 37.3 Å². The number of methoxy groups -OCH3 is 1. The number of ketones is 1. The first kappa shape index (κ1) is 21.0. The predicted octanol–water partition coefficient (Wildman–Crippen LogP) is 5.04. The first-order chi connectivity index (χ1) is 14.4. The number of aryl methyl sites for hydroxylation is 1. The Morgan fingerprint density at radius 2 is 1.70 bits per heavy atom. The quantitative estimate of drug-likeness (QED) is 0.314. The van der Waals surface area contributed by atoms with Gasteiger partial charge in [-0.05, 0) is 54.3 Å². The third-order valence-electron chi connectivity index (χ3n) is 4.83. The second-order valence-electron chi connectivity index (χ2n) is 6.91. The number of benzene rings is 3. The Morgan fingerprint density at radius 3 is 2.33 bits per heavy atom. The van der Waals surface area contributed by atoms with Crippen LogP contribution in [0.3, 0.4) is 0 Å². The van der Waals surface area contributed by atoms with Crippen molar-refractivity contribution in [3.63, 3.8) is 0 Å². The number of ether oxygens (including phenoxy) is 2. The van der Waals surface area contributed by atoms with Gasteiger partial charge in [-0.3, -0.25) is 9.59 Å². The second kappa shape index (κ2) is 9.18. The van der Waals surface area contributed by atoms with E-state index >= 15 is 0 Å². The highest BCUT2D eigenvalue weighted by molar-refractivity contribution is 6.04. The third kappa shape index (κ3) is 4.46. The molecule has 3 rings (SSSR count). The molecular formula is C25H22O5. The fourth-order valence-corrected chi connectivity index (χ4v) is 3.20. The van der Waals surface area contributed by atoms with E-state index in [4.69, 9.17) is 9.47 Å². The SMILES string of the molecule is COC(=O)c1cc(C(C)=O)ccc1-c1cc(C)c(OCc2ccccc2)cc1C=O. The van der Waals surface area contributed by atoms with Gasteiger partial charge < -0.3 is 9.47 Å². The van der Waals surface area contributed by atoms with E-state index in [1.165, 1.54) is 20.1 Å². The van der Waals surface area contributed by atoms with E-state index in [-0.39, 0.29) is 11.3 Å². The Labute approximate surface area is 175 Å². The standard InChI is InChI=1S/C25H22O5/c1-16-11-22(21-10-9-19(17(2)27)12-23(21)25(28)29-3)20(14-26)13-24(16)30-15-18-7-5-4-6-8-18/h4-14H,15H2,1-3H3. The van der Waals surface area contributed by atoms with E-state index in [0.29, 0.717) is 34.6 Å². The lowest BCUT2D eigenvalue weighted by Gasteiger charge is -2.15. The molecule has 0 radical (unpaired) electrons. The van der Waals surface area contributed by atoms with Crippen LogP contribution in [0, 0.1) is 6.92 Å². The van der Waals surface area contributed by atoms with Crippen LogP contribution in [0.1, 0.15) is 49.1 Å². The highest BCUT2D eigenvalue weighted by Gasteiger charge is 2.19. The molecule has 0 N–H and O–H groups in total. The van der Waals surface area contributed by atoms with Gasteiger partial charge in [-0.25, -0.2) is 4.79 Å². The summed E-state index contributed by atoms with van der Waals surface area (Å²) in [5.74, 6) is -0.153. The van der Waals surface area contributed by atoms with Crippen LogP contribution in [0.15, 0.2) is 60.7 Å². The molecule has 0 saturated carbocycles. The van der Waals surface area contributed by atoms with Gasteiger partial charge in [-0.1, -0.05) is 42.5 Å². The molecule has 0 amide bonds. The Hall–Kier alpha value is -3.73. The number of Topliss-reactive ketones (excluding diaryl/α,β-unsaturated/α-hetero) is 1. The summed E-state index contributed by atoms with van der Waals surface area (Å²) in [6.07, 6.45) is 0.726. The summed E-state index contributed by atoms with van der Waals surface area (Å²) in [6, 6.07) is 18.0. The van der Waals surface area contributed by atoms with Gasteiger partial charge in [0, 0.05) is 11.1 Å². The van der Waals surface area contributed by atoms with Crippen LogP contribution in [0.25, 0.3) is 11.1 Å². The van der Waals surface area contributed by atoms with E-state index < -0.39 is 5.97 Å². The average molecular weight is 402 g/mol. The molecule has 0 atom stereocenters. The zero-order valence-corrected chi connectivity index (χ0v) is 17.1. The normalized spacial score (nSPS) is 10.4. The van der Waals surface area contributed by atoms with E-state index in [9.17, 15) is 14.4 Å². The number of hydrogen-bond donors (Lipinski definition) is 0. The first-order valence-electron chi connectivity index (χ1n) is 9.44. The smallest absolute Gasteiger partial charge is 0.338 e. The lowest BCUT2D eigenvalue weighted by atomic mass is 9.92. The minimum atomic E-state index is -0.577. The van der Waals surface area contributed by atoms with Gasteiger partial charge in [0.2, 0.25) is 0 Å². The highest BCUT2D eigenvalue weighted by Crippen LogP contribution is 2.33. The maximum absolute atomic E-state index is 12.3. The van der Waals surface area contributed by atoms with Crippen LogP contribution in [0.2, 0.25) is 0 Å². The molecule has 0 fully saturated rings. The number of hydrogen-bond acceptors (Lipinski definition) is 5. The zero-order valence-electron chi connectivity index (χ0n) is 17.1. The summed E-state index contributed by atoms with van der Waals surface area (Å²) in [6.45, 7) is 3.68. The highest BCUT2D eigenvalue weighted by atomic mass is 16.5. The van der Waals surface area contributed by atoms with Crippen molar-refractivity contribution in [2.24, 2.45) is 0 Å². The molecular weight excluding hydrogens is 380 g/mol. The van der Waals surface area contributed by atoms with E-state index in [1.54, 1.807) is 24.3 Å². The molecule has 152 valence electrons. The van der Waals surface area contributed by atoms with Gasteiger partial charge in [0.05, 0.1) is 12.7 Å². The van der Waals surface area contributed by atoms with Gasteiger partial charge in [0.15, 0.2) is 12.1 Å². The topological polar surface area (TPSA) is 69.7 Å². The Kier molecular flexibility index (Phi) is 6.42. The molecule has 30 heavy (non-hydrogen) atoms.